The predicted molar refractivity (Wildman–Crippen MR) is 61.6 cm³/mol. The van der Waals surface area contributed by atoms with E-state index in [2.05, 4.69) is 9.97 Å². The van der Waals surface area contributed by atoms with Crippen molar-refractivity contribution in [2.45, 2.75) is 6.92 Å². The van der Waals surface area contributed by atoms with Crippen LogP contribution in [-0.4, -0.2) is 9.97 Å². The fourth-order valence-corrected chi connectivity index (χ4v) is 1.54. The average molecular weight is 220 g/mol. The van der Waals surface area contributed by atoms with E-state index in [1.165, 1.54) is 0 Å². The molecule has 0 unspecified atom stereocenters. The predicted octanol–water partition coefficient (Wildman–Crippen LogP) is 2.69. The number of hydrogen-bond acceptors (Lipinski definition) is 3. The van der Waals surface area contributed by atoms with Crippen LogP contribution in [0.1, 0.15) is 5.69 Å². The minimum Gasteiger partial charge on any atom is -0.384 e. The first kappa shape index (κ1) is 9.93. The van der Waals surface area contributed by atoms with E-state index < -0.39 is 0 Å². The Morgan fingerprint density at radius 1 is 1.20 bits per heavy atom. The van der Waals surface area contributed by atoms with Gasteiger partial charge in [-0.25, -0.2) is 9.97 Å². The highest BCUT2D eigenvalue weighted by Crippen LogP contribution is 2.20. The molecular formula is C11H10ClN3. The quantitative estimate of drug-likeness (QED) is 0.802. The summed E-state index contributed by atoms with van der Waals surface area (Å²) in [6.45, 7) is 1.88. The van der Waals surface area contributed by atoms with Gasteiger partial charge in [0.15, 0.2) is 5.82 Å². The van der Waals surface area contributed by atoms with Crippen LogP contribution in [0.5, 0.6) is 0 Å². The van der Waals surface area contributed by atoms with Gasteiger partial charge in [-0.15, -0.1) is 0 Å². The highest BCUT2D eigenvalue weighted by molar-refractivity contribution is 6.30. The largest absolute Gasteiger partial charge is 0.384 e. The van der Waals surface area contributed by atoms with Crippen molar-refractivity contribution >= 4 is 17.4 Å². The van der Waals surface area contributed by atoms with Crippen LogP contribution in [-0.2, 0) is 0 Å². The van der Waals surface area contributed by atoms with Gasteiger partial charge in [-0.3, -0.25) is 0 Å². The number of nitrogen functional groups attached to an aromatic ring is 1. The average Bonchev–Trinajstić information content (AvgIpc) is 2.16. The molecule has 4 heteroatoms. The summed E-state index contributed by atoms with van der Waals surface area (Å²) < 4.78 is 0. The molecule has 0 amide bonds. The summed E-state index contributed by atoms with van der Waals surface area (Å²) in [5.74, 6) is 1.08. The second kappa shape index (κ2) is 3.87. The van der Waals surface area contributed by atoms with E-state index in [4.69, 9.17) is 17.3 Å². The molecule has 0 saturated heterocycles. The van der Waals surface area contributed by atoms with Crippen molar-refractivity contribution < 1.29 is 0 Å². The van der Waals surface area contributed by atoms with E-state index in [-0.39, 0.29) is 0 Å². The van der Waals surface area contributed by atoms with Gasteiger partial charge in [0.05, 0.1) is 0 Å². The molecule has 0 aliphatic carbocycles. The van der Waals surface area contributed by atoms with Gasteiger partial charge in [-0.1, -0.05) is 23.7 Å². The summed E-state index contributed by atoms with van der Waals surface area (Å²) in [6.07, 6.45) is 0. The fourth-order valence-electron chi connectivity index (χ4n) is 1.35. The van der Waals surface area contributed by atoms with Gasteiger partial charge in [-0.2, -0.15) is 0 Å². The number of anilines is 1. The first-order chi connectivity index (χ1) is 7.15. The standard InChI is InChI=1S/C11H10ClN3/c1-7-5-10(13)15-11(14-7)8-3-2-4-9(12)6-8/h2-6H,1H3,(H2,13,14,15). The van der Waals surface area contributed by atoms with Gasteiger partial charge < -0.3 is 5.73 Å². The molecule has 0 aliphatic heterocycles. The first-order valence-electron chi connectivity index (χ1n) is 4.52. The van der Waals surface area contributed by atoms with Gasteiger partial charge in [0, 0.05) is 22.3 Å². The van der Waals surface area contributed by atoms with E-state index in [1.54, 1.807) is 6.07 Å². The first-order valence-corrected chi connectivity index (χ1v) is 4.90. The number of nitrogens with zero attached hydrogens (tertiary/aromatic N) is 2. The Morgan fingerprint density at radius 3 is 2.67 bits per heavy atom. The van der Waals surface area contributed by atoms with Crippen LogP contribution in [0.15, 0.2) is 30.3 Å². The van der Waals surface area contributed by atoms with Crippen molar-refractivity contribution in [1.29, 1.82) is 0 Å². The molecule has 2 N–H and O–H groups in total. The number of hydrogen-bond donors (Lipinski definition) is 1. The number of aryl methyl sites for hydroxylation is 1. The third-order valence-electron chi connectivity index (χ3n) is 1.96. The van der Waals surface area contributed by atoms with Gasteiger partial charge in [0.25, 0.3) is 0 Å². The molecule has 0 spiro atoms. The van der Waals surface area contributed by atoms with Crippen LogP contribution in [0.3, 0.4) is 0 Å². The monoisotopic (exact) mass is 219 g/mol. The van der Waals surface area contributed by atoms with Gasteiger partial charge in [0.1, 0.15) is 5.82 Å². The summed E-state index contributed by atoms with van der Waals surface area (Å²) in [6, 6.07) is 9.12. The molecule has 76 valence electrons. The zero-order chi connectivity index (χ0) is 10.8. The molecule has 0 fully saturated rings. The van der Waals surface area contributed by atoms with Crippen molar-refractivity contribution in [2.75, 3.05) is 5.73 Å². The van der Waals surface area contributed by atoms with E-state index in [0.29, 0.717) is 16.7 Å². The number of halogens is 1. The Bertz CT molecular complexity index is 477. The van der Waals surface area contributed by atoms with E-state index in [9.17, 15) is 0 Å². The molecule has 1 aromatic carbocycles. The minimum absolute atomic E-state index is 0.470. The minimum atomic E-state index is 0.470. The molecule has 2 rings (SSSR count). The Kier molecular flexibility index (Phi) is 2.56. The second-order valence-corrected chi connectivity index (χ2v) is 3.70. The van der Waals surface area contributed by atoms with Gasteiger partial charge in [0.2, 0.25) is 0 Å². The molecule has 0 atom stereocenters. The third kappa shape index (κ3) is 2.25. The lowest BCUT2D eigenvalue weighted by atomic mass is 10.2. The van der Waals surface area contributed by atoms with E-state index >= 15 is 0 Å². The summed E-state index contributed by atoms with van der Waals surface area (Å²) in [7, 11) is 0. The fraction of sp³-hybridized carbons (Fsp3) is 0.0909. The molecule has 0 saturated carbocycles. The number of aromatic nitrogens is 2. The Hall–Kier alpha value is -1.61. The molecule has 0 radical (unpaired) electrons. The lowest BCUT2D eigenvalue weighted by Crippen LogP contribution is -1.97. The maximum atomic E-state index is 5.89. The van der Waals surface area contributed by atoms with Crippen LogP contribution >= 0.6 is 11.6 Å². The van der Waals surface area contributed by atoms with Gasteiger partial charge >= 0.3 is 0 Å². The van der Waals surface area contributed by atoms with E-state index in [0.717, 1.165) is 11.3 Å². The number of nitrogens with two attached hydrogens (primary N) is 1. The summed E-state index contributed by atoms with van der Waals surface area (Å²) in [4.78, 5) is 8.45. The van der Waals surface area contributed by atoms with Crippen LogP contribution in [0.25, 0.3) is 11.4 Å². The zero-order valence-electron chi connectivity index (χ0n) is 8.24. The molecule has 15 heavy (non-hydrogen) atoms. The summed E-state index contributed by atoms with van der Waals surface area (Å²) >= 11 is 5.89. The normalized spacial score (nSPS) is 10.3. The van der Waals surface area contributed by atoms with Gasteiger partial charge in [-0.05, 0) is 19.1 Å². The highest BCUT2D eigenvalue weighted by atomic mass is 35.5. The zero-order valence-corrected chi connectivity index (χ0v) is 8.99. The topological polar surface area (TPSA) is 51.8 Å². The molecule has 2 aromatic rings. The van der Waals surface area contributed by atoms with Crippen LogP contribution < -0.4 is 5.73 Å². The number of benzene rings is 1. The molecule has 1 aromatic heterocycles. The number of rotatable bonds is 1. The SMILES string of the molecule is Cc1cc(N)nc(-c2cccc(Cl)c2)n1. The van der Waals surface area contributed by atoms with Crippen LogP contribution in [0.4, 0.5) is 5.82 Å². The van der Waals surface area contributed by atoms with Crippen molar-refractivity contribution in [3.63, 3.8) is 0 Å². The molecule has 3 nitrogen and oxygen atoms in total. The molecule has 0 aliphatic rings. The van der Waals surface area contributed by atoms with Crippen molar-refractivity contribution in [3.05, 3.63) is 41.0 Å². The van der Waals surface area contributed by atoms with Crippen molar-refractivity contribution in [1.82, 2.24) is 9.97 Å². The smallest absolute Gasteiger partial charge is 0.161 e. The second-order valence-electron chi connectivity index (χ2n) is 3.27. The molecule has 0 bridgehead atoms. The Morgan fingerprint density at radius 2 is 2.00 bits per heavy atom. The summed E-state index contributed by atoms with van der Waals surface area (Å²) in [5, 5.41) is 0.663. The van der Waals surface area contributed by atoms with Crippen LogP contribution in [0, 0.1) is 6.92 Å². The Labute approximate surface area is 92.9 Å². The molecule has 1 heterocycles. The third-order valence-corrected chi connectivity index (χ3v) is 2.19. The lowest BCUT2D eigenvalue weighted by Gasteiger charge is -2.03. The highest BCUT2D eigenvalue weighted by Gasteiger charge is 2.03. The van der Waals surface area contributed by atoms with Crippen molar-refractivity contribution in [2.24, 2.45) is 0 Å². The van der Waals surface area contributed by atoms with Crippen molar-refractivity contribution in [3.8, 4) is 11.4 Å². The summed E-state index contributed by atoms with van der Waals surface area (Å²) in [5.41, 5.74) is 7.37. The maximum absolute atomic E-state index is 5.89. The Balaban J connectivity index is 2.54. The van der Waals surface area contributed by atoms with Crippen LogP contribution in [0.2, 0.25) is 5.02 Å². The lowest BCUT2D eigenvalue weighted by molar-refractivity contribution is 1.12. The maximum Gasteiger partial charge on any atom is 0.161 e. The van der Waals surface area contributed by atoms with E-state index in [1.807, 2.05) is 31.2 Å². The molecular weight excluding hydrogens is 210 g/mol.